The summed E-state index contributed by atoms with van der Waals surface area (Å²) in [6.45, 7) is 2.28. The van der Waals surface area contributed by atoms with Crippen molar-refractivity contribution in [3.05, 3.63) is 52.8 Å². The van der Waals surface area contributed by atoms with E-state index in [1.165, 1.54) is 6.92 Å². The lowest BCUT2D eigenvalue weighted by Crippen LogP contribution is -2.12. The monoisotopic (exact) mass is 368 g/mol. The van der Waals surface area contributed by atoms with Crippen molar-refractivity contribution in [1.82, 2.24) is 0 Å². The molecule has 0 aliphatic carbocycles. The van der Waals surface area contributed by atoms with Crippen LogP contribution < -0.4 is 0 Å². The lowest BCUT2D eigenvalue weighted by molar-refractivity contribution is -0.305. The first-order chi connectivity index (χ1) is 11.3. The Bertz CT molecular complexity index is 681. The van der Waals surface area contributed by atoms with E-state index in [9.17, 15) is 31.1 Å². The van der Waals surface area contributed by atoms with E-state index in [1.54, 1.807) is 0 Å². The van der Waals surface area contributed by atoms with Gasteiger partial charge in [-0.2, -0.15) is 13.2 Å². The third-order valence-corrected chi connectivity index (χ3v) is 3.04. The number of carbonyl (C=O) groups excluding carboxylic acids is 1. The van der Waals surface area contributed by atoms with E-state index < -0.39 is 29.8 Å². The fourth-order valence-corrected chi connectivity index (χ4v) is 1.93. The van der Waals surface area contributed by atoms with Crippen molar-refractivity contribution in [3.8, 4) is 0 Å². The van der Waals surface area contributed by atoms with E-state index in [2.05, 4.69) is 9.47 Å². The molecule has 0 saturated heterocycles. The number of ether oxygens (including phenoxy) is 2. The minimum absolute atomic E-state index is 0.0534. The van der Waals surface area contributed by atoms with Crippen molar-refractivity contribution in [2.24, 2.45) is 0 Å². The summed E-state index contributed by atoms with van der Waals surface area (Å²) in [6, 6.07) is 3.60. The van der Waals surface area contributed by atoms with Gasteiger partial charge in [-0.1, -0.05) is 12.1 Å². The Labute approximate surface area is 139 Å². The summed E-state index contributed by atoms with van der Waals surface area (Å²) >= 11 is 0. The number of allylic oxidation sites excluding steroid dienone is 3. The summed E-state index contributed by atoms with van der Waals surface area (Å²) in [5.74, 6) is -1.43. The van der Waals surface area contributed by atoms with Gasteiger partial charge in [0.15, 0.2) is 0 Å². The number of benzene rings is 1. The van der Waals surface area contributed by atoms with Crippen molar-refractivity contribution in [2.75, 3.05) is 7.11 Å². The number of carbonyl (C=O) groups is 1. The van der Waals surface area contributed by atoms with Gasteiger partial charge in [-0.15, -0.1) is 13.2 Å². The zero-order valence-electron chi connectivity index (χ0n) is 13.4. The van der Waals surface area contributed by atoms with Gasteiger partial charge < -0.3 is 9.47 Å². The maximum absolute atomic E-state index is 12.6. The van der Waals surface area contributed by atoms with Crippen LogP contribution >= 0.6 is 0 Å². The van der Waals surface area contributed by atoms with Gasteiger partial charge in [0.25, 0.3) is 0 Å². The van der Waals surface area contributed by atoms with Gasteiger partial charge in [0.05, 0.1) is 12.7 Å². The minimum Gasteiger partial charge on any atom is -0.466 e. The standard InChI is InChI=1S/C16H14F6O3/c1-9(25-16(20,21)22)8-13(10(2)14(23)24-3)11-4-6-12(7-5-11)15(17,18)19/h4-8H,1-3H3/b9-8+,13-10-. The molecule has 1 aromatic carbocycles. The van der Waals surface area contributed by atoms with Gasteiger partial charge in [0.2, 0.25) is 0 Å². The molecule has 0 fully saturated rings. The van der Waals surface area contributed by atoms with E-state index in [0.717, 1.165) is 44.4 Å². The first-order valence-corrected chi connectivity index (χ1v) is 6.76. The molecule has 0 heterocycles. The summed E-state index contributed by atoms with van der Waals surface area (Å²) in [6.07, 6.45) is -8.60. The van der Waals surface area contributed by atoms with Gasteiger partial charge >= 0.3 is 18.5 Å². The molecule has 0 saturated carbocycles. The van der Waals surface area contributed by atoms with Crippen LogP contribution in [0.1, 0.15) is 25.0 Å². The van der Waals surface area contributed by atoms with Gasteiger partial charge in [0.1, 0.15) is 5.76 Å². The molecular weight excluding hydrogens is 354 g/mol. The molecule has 0 radical (unpaired) electrons. The second-order valence-corrected chi connectivity index (χ2v) is 4.91. The average Bonchev–Trinajstić information content (AvgIpc) is 2.48. The molecule has 0 N–H and O–H groups in total. The highest BCUT2D eigenvalue weighted by Crippen LogP contribution is 2.32. The van der Waals surface area contributed by atoms with Crippen LogP contribution in [0.3, 0.4) is 0 Å². The number of rotatable bonds is 4. The topological polar surface area (TPSA) is 35.5 Å². The SMILES string of the molecule is COC(=O)/C(C)=C(/C=C(\C)OC(F)(F)F)c1ccc(C(F)(F)F)cc1. The van der Waals surface area contributed by atoms with Crippen LogP contribution in [0.4, 0.5) is 26.3 Å². The fraction of sp³-hybridized carbons (Fsp3) is 0.312. The van der Waals surface area contributed by atoms with Gasteiger partial charge in [0, 0.05) is 5.57 Å². The van der Waals surface area contributed by atoms with Gasteiger partial charge in [-0.25, -0.2) is 4.79 Å². The number of hydrogen-bond acceptors (Lipinski definition) is 3. The second-order valence-electron chi connectivity index (χ2n) is 4.91. The zero-order valence-corrected chi connectivity index (χ0v) is 13.4. The van der Waals surface area contributed by atoms with Crippen molar-refractivity contribution in [2.45, 2.75) is 26.4 Å². The van der Waals surface area contributed by atoms with Crippen LogP contribution in [0.2, 0.25) is 0 Å². The Balaban J connectivity index is 3.39. The molecule has 9 heteroatoms. The first kappa shape index (κ1) is 20.6. The normalized spacial score (nSPS) is 14.0. The maximum Gasteiger partial charge on any atom is 0.572 e. The Morgan fingerprint density at radius 1 is 1.00 bits per heavy atom. The molecule has 0 spiro atoms. The zero-order chi connectivity index (χ0) is 19.4. The van der Waals surface area contributed by atoms with Crippen LogP contribution in [0, 0.1) is 0 Å². The summed E-state index contributed by atoms with van der Waals surface area (Å²) in [4.78, 5) is 11.7. The molecule has 0 amide bonds. The molecule has 0 aliphatic heterocycles. The highest BCUT2D eigenvalue weighted by Gasteiger charge is 2.32. The molecule has 0 aromatic heterocycles. The van der Waals surface area contributed by atoms with E-state index in [0.29, 0.717) is 0 Å². The predicted molar refractivity (Wildman–Crippen MR) is 77.0 cm³/mol. The maximum atomic E-state index is 12.6. The van der Waals surface area contributed by atoms with Crippen LogP contribution in [0.5, 0.6) is 0 Å². The molecule has 0 aliphatic rings. The van der Waals surface area contributed by atoms with E-state index in [4.69, 9.17) is 0 Å². The molecule has 1 aromatic rings. The highest BCUT2D eigenvalue weighted by atomic mass is 19.4. The molecule has 0 unspecified atom stereocenters. The molecule has 25 heavy (non-hydrogen) atoms. The first-order valence-electron chi connectivity index (χ1n) is 6.76. The number of methoxy groups -OCH3 is 1. The smallest absolute Gasteiger partial charge is 0.466 e. The largest absolute Gasteiger partial charge is 0.572 e. The molecular formula is C16H14F6O3. The van der Waals surface area contributed by atoms with Crippen LogP contribution in [-0.4, -0.2) is 19.4 Å². The van der Waals surface area contributed by atoms with E-state index in [1.807, 2.05) is 0 Å². The summed E-state index contributed by atoms with van der Waals surface area (Å²) in [5.41, 5.74) is -0.978. The van der Waals surface area contributed by atoms with Crippen molar-refractivity contribution in [1.29, 1.82) is 0 Å². The molecule has 0 atom stereocenters. The number of alkyl halides is 6. The summed E-state index contributed by atoms with van der Waals surface area (Å²) in [7, 11) is 1.07. The average molecular weight is 368 g/mol. The molecule has 1 rings (SSSR count). The molecule has 3 nitrogen and oxygen atoms in total. The third-order valence-electron chi connectivity index (χ3n) is 3.04. The van der Waals surface area contributed by atoms with Crippen LogP contribution in [0.25, 0.3) is 5.57 Å². The van der Waals surface area contributed by atoms with Crippen LogP contribution in [0.15, 0.2) is 41.7 Å². The van der Waals surface area contributed by atoms with E-state index >= 15 is 0 Å². The number of halogens is 6. The molecule has 138 valence electrons. The lowest BCUT2D eigenvalue weighted by Gasteiger charge is -2.13. The molecule has 0 bridgehead atoms. The van der Waals surface area contributed by atoms with Gasteiger partial charge in [-0.3, -0.25) is 0 Å². The van der Waals surface area contributed by atoms with E-state index in [-0.39, 0.29) is 16.7 Å². The minimum atomic E-state index is -4.94. The quantitative estimate of drug-likeness (QED) is 0.244. The third kappa shape index (κ3) is 6.17. The van der Waals surface area contributed by atoms with Crippen LogP contribution in [-0.2, 0) is 20.4 Å². The summed E-state index contributed by atoms with van der Waals surface area (Å²) in [5, 5.41) is 0. The Hall–Kier alpha value is -2.45. The predicted octanol–water partition coefficient (Wildman–Crippen LogP) is 5.09. The highest BCUT2D eigenvalue weighted by molar-refractivity contribution is 5.99. The Kier molecular flexibility index (Phi) is 6.28. The second kappa shape index (κ2) is 7.62. The van der Waals surface area contributed by atoms with Crippen molar-refractivity contribution in [3.63, 3.8) is 0 Å². The number of hydrogen-bond donors (Lipinski definition) is 0. The lowest BCUT2D eigenvalue weighted by atomic mass is 9.98. The van der Waals surface area contributed by atoms with Crippen molar-refractivity contribution < 1.29 is 40.6 Å². The van der Waals surface area contributed by atoms with Crippen molar-refractivity contribution >= 4 is 11.5 Å². The summed E-state index contributed by atoms with van der Waals surface area (Å²) < 4.78 is 82.9. The number of esters is 1. The Morgan fingerprint density at radius 3 is 1.92 bits per heavy atom. The fourth-order valence-electron chi connectivity index (χ4n) is 1.93. The Morgan fingerprint density at radius 2 is 1.52 bits per heavy atom. The van der Waals surface area contributed by atoms with Gasteiger partial charge in [-0.05, 0) is 43.2 Å².